The lowest BCUT2D eigenvalue weighted by Crippen LogP contribution is -1.91. The summed E-state index contributed by atoms with van der Waals surface area (Å²) < 4.78 is 11.8. The van der Waals surface area contributed by atoms with Gasteiger partial charge in [0.05, 0.1) is 0 Å². The van der Waals surface area contributed by atoms with Crippen LogP contribution in [0, 0.1) is 5.92 Å². The zero-order valence-electron chi connectivity index (χ0n) is 5.06. The summed E-state index contributed by atoms with van der Waals surface area (Å²) in [4.78, 5) is 0. The van der Waals surface area contributed by atoms with E-state index in [4.69, 9.17) is 0 Å². The van der Waals surface area contributed by atoms with Gasteiger partial charge in [0.15, 0.2) is 0 Å². The predicted octanol–water partition coefficient (Wildman–Crippen LogP) is 2.79. The summed E-state index contributed by atoms with van der Waals surface area (Å²) in [6, 6.07) is 0. The van der Waals surface area contributed by atoms with Crippen molar-refractivity contribution in [2.75, 3.05) is 0 Å². The third-order valence-corrected chi connectivity index (χ3v) is 2.45. The molecule has 0 nitrogen and oxygen atoms in total. The molecule has 1 rings (SSSR count). The highest BCUT2D eigenvalue weighted by molar-refractivity contribution is 7.94. The second-order valence-corrected chi connectivity index (χ2v) is 3.47. The molecule has 2 heteroatoms. The molecule has 0 heterocycles. The second-order valence-electron chi connectivity index (χ2n) is 2.63. The molecule has 8 heavy (non-hydrogen) atoms. The Morgan fingerprint density at radius 1 is 1.50 bits per heavy atom. The van der Waals surface area contributed by atoms with Crippen LogP contribution in [0.5, 0.6) is 0 Å². The van der Waals surface area contributed by atoms with Crippen molar-refractivity contribution in [2.24, 2.45) is 5.92 Å². The molecule has 0 aromatic rings. The van der Waals surface area contributed by atoms with Crippen LogP contribution in [0.1, 0.15) is 26.2 Å². The van der Waals surface area contributed by atoms with Gasteiger partial charge in [-0.1, -0.05) is 6.92 Å². The first-order chi connectivity index (χ1) is 3.83. The quantitative estimate of drug-likeness (QED) is 0.531. The molecule has 1 saturated carbocycles. The Balaban J connectivity index is 2.22. The SMILES string of the molecule is CC1CCC(SF)C1. The topological polar surface area (TPSA) is 0 Å². The van der Waals surface area contributed by atoms with E-state index in [1.54, 1.807) is 0 Å². The lowest BCUT2D eigenvalue weighted by molar-refractivity contribution is 0.612. The van der Waals surface area contributed by atoms with Gasteiger partial charge in [0.25, 0.3) is 0 Å². The Bertz CT molecular complexity index is 74.9. The lowest BCUT2D eigenvalue weighted by atomic mass is 10.1. The molecule has 2 unspecified atom stereocenters. The zero-order chi connectivity index (χ0) is 5.98. The van der Waals surface area contributed by atoms with Crippen LogP contribution >= 0.6 is 12.1 Å². The molecule has 0 aromatic heterocycles. The number of hydrogen-bond acceptors (Lipinski definition) is 1. The zero-order valence-corrected chi connectivity index (χ0v) is 5.88. The van der Waals surface area contributed by atoms with Gasteiger partial charge in [0.1, 0.15) is 0 Å². The lowest BCUT2D eigenvalue weighted by Gasteiger charge is -1.98. The average Bonchev–Trinajstić information content (AvgIpc) is 2.14. The van der Waals surface area contributed by atoms with Crippen LogP contribution in [0.4, 0.5) is 3.89 Å². The summed E-state index contributed by atoms with van der Waals surface area (Å²) in [5.74, 6) is 0.767. The molecule has 0 bridgehead atoms. The molecule has 1 fully saturated rings. The van der Waals surface area contributed by atoms with E-state index >= 15 is 0 Å². The summed E-state index contributed by atoms with van der Waals surface area (Å²) in [5, 5.41) is 0.324. The van der Waals surface area contributed by atoms with Gasteiger partial charge in [-0.2, -0.15) is 3.89 Å². The van der Waals surface area contributed by atoms with Gasteiger partial charge in [0.2, 0.25) is 0 Å². The Labute approximate surface area is 54.1 Å². The van der Waals surface area contributed by atoms with Crippen molar-refractivity contribution >= 4 is 12.1 Å². The summed E-state index contributed by atoms with van der Waals surface area (Å²) >= 11 is 0.536. The molecule has 0 aromatic carbocycles. The summed E-state index contributed by atoms with van der Waals surface area (Å²) in [6.45, 7) is 2.19. The molecule has 2 atom stereocenters. The third kappa shape index (κ3) is 1.38. The first kappa shape index (κ1) is 6.40. The van der Waals surface area contributed by atoms with Crippen LogP contribution in [0.2, 0.25) is 0 Å². The van der Waals surface area contributed by atoms with E-state index in [0.29, 0.717) is 17.4 Å². The highest BCUT2D eigenvalue weighted by Crippen LogP contribution is 2.33. The molecular weight excluding hydrogens is 123 g/mol. The van der Waals surface area contributed by atoms with E-state index in [9.17, 15) is 3.89 Å². The predicted molar refractivity (Wildman–Crippen MR) is 35.5 cm³/mol. The van der Waals surface area contributed by atoms with Crippen LogP contribution in [0.15, 0.2) is 0 Å². The van der Waals surface area contributed by atoms with Crippen molar-refractivity contribution in [3.63, 3.8) is 0 Å². The fourth-order valence-electron chi connectivity index (χ4n) is 1.24. The minimum atomic E-state index is 0.324. The molecule has 1 aliphatic carbocycles. The summed E-state index contributed by atoms with van der Waals surface area (Å²) in [7, 11) is 0. The smallest absolute Gasteiger partial charge is 0.0477 e. The third-order valence-electron chi connectivity index (χ3n) is 1.77. The van der Waals surface area contributed by atoms with Gasteiger partial charge in [-0.05, 0) is 25.2 Å². The van der Waals surface area contributed by atoms with Crippen molar-refractivity contribution < 1.29 is 3.89 Å². The minimum Gasteiger partial charge on any atom is -0.165 e. The van der Waals surface area contributed by atoms with E-state index in [-0.39, 0.29) is 0 Å². The van der Waals surface area contributed by atoms with Crippen LogP contribution in [-0.2, 0) is 0 Å². The van der Waals surface area contributed by atoms with Crippen molar-refractivity contribution in [1.82, 2.24) is 0 Å². The standard InChI is InChI=1S/C6H11FS/c1-5-2-3-6(4-5)8-7/h5-6H,2-4H2,1H3. The first-order valence-electron chi connectivity index (χ1n) is 3.10. The Hall–Kier alpha value is 0.280. The van der Waals surface area contributed by atoms with Crippen molar-refractivity contribution in [2.45, 2.75) is 31.4 Å². The largest absolute Gasteiger partial charge is 0.165 e. The Morgan fingerprint density at radius 3 is 2.50 bits per heavy atom. The maximum Gasteiger partial charge on any atom is 0.0477 e. The fourth-order valence-corrected chi connectivity index (χ4v) is 1.86. The molecule has 0 N–H and O–H groups in total. The molecule has 0 spiro atoms. The van der Waals surface area contributed by atoms with Crippen molar-refractivity contribution in [3.05, 3.63) is 0 Å². The maximum atomic E-state index is 11.8. The fraction of sp³-hybridized carbons (Fsp3) is 1.00. The van der Waals surface area contributed by atoms with Gasteiger partial charge in [-0.25, -0.2) is 0 Å². The minimum absolute atomic E-state index is 0.324. The van der Waals surface area contributed by atoms with E-state index in [0.717, 1.165) is 18.8 Å². The van der Waals surface area contributed by atoms with Gasteiger partial charge in [0, 0.05) is 17.4 Å². The Kier molecular flexibility index (Phi) is 2.17. The molecule has 0 amide bonds. The number of rotatable bonds is 1. The highest BCUT2D eigenvalue weighted by Gasteiger charge is 2.21. The van der Waals surface area contributed by atoms with Gasteiger partial charge in [-0.3, -0.25) is 0 Å². The first-order valence-corrected chi connectivity index (χ1v) is 3.88. The van der Waals surface area contributed by atoms with E-state index in [2.05, 4.69) is 6.92 Å². The van der Waals surface area contributed by atoms with E-state index < -0.39 is 0 Å². The second kappa shape index (κ2) is 2.72. The molecule has 0 aliphatic heterocycles. The summed E-state index contributed by atoms with van der Waals surface area (Å²) in [5.41, 5.74) is 0. The van der Waals surface area contributed by atoms with Crippen LogP contribution in [-0.4, -0.2) is 5.25 Å². The molecule has 48 valence electrons. The van der Waals surface area contributed by atoms with E-state index in [1.807, 2.05) is 0 Å². The number of halogens is 1. The molecular formula is C6H11FS. The van der Waals surface area contributed by atoms with Crippen molar-refractivity contribution in [1.29, 1.82) is 0 Å². The molecule has 0 saturated heterocycles. The van der Waals surface area contributed by atoms with Gasteiger partial charge >= 0.3 is 0 Å². The van der Waals surface area contributed by atoms with Crippen LogP contribution in [0.3, 0.4) is 0 Å². The Morgan fingerprint density at radius 2 is 2.25 bits per heavy atom. The van der Waals surface area contributed by atoms with Gasteiger partial charge in [-0.15, -0.1) is 0 Å². The molecule has 1 aliphatic rings. The normalized spacial score (nSPS) is 38.2. The summed E-state index contributed by atoms with van der Waals surface area (Å²) in [6.07, 6.45) is 3.39. The average molecular weight is 134 g/mol. The molecule has 0 radical (unpaired) electrons. The number of hydrogen-bond donors (Lipinski definition) is 0. The van der Waals surface area contributed by atoms with Gasteiger partial charge < -0.3 is 0 Å². The highest BCUT2D eigenvalue weighted by atomic mass is 32.2. The van der Waals surface area contributed by atoms with Crippen LogP contribution in [0.25, 0.3) is 0 Å². The monoisotopic (exact) mass is 134 g/mol. The van der Waals surface area contributed by atoms with E-state index in [1.165, 1.54) is 6.42 Å². The van der Waals surface area contributed by atoms with Crippen LogP contribution < -0.4 is 0 Å². The maximum absolute atomic E-state index is 11.8. The van der Waals surface area contributed by atoms with Crippen molar-refractivity contribution in [3.8, 4) is 0 Å².